The summed E-state index contributed by atoms with van der Waals surface area (Å²) in [5.41, 5.74) is 0. The van der Waals surface area contributed by atoms with Crippen LogP contribution in [0.5, 0.6) is 0 Å². The minimum absolute atomic E-state index is 0. The van der Waals surface area contributed by atoms with E-state index in [1.807, 2.05) is 11.8 Å². The molecule has 88 valence electrons. The fourth-order valence-electron chi connectivity index (χ4n) is 2.51. The predicted molar refractivity (Wildman–Crippen MR) is 65.0 cm³/mol. The van der Waals surface area contributed by atoms with Gasteiger partial charge in [0.2, 0.25) is 0 Å². The summed E-state index contributed by atoms with van der Waals surface area (Å²) in [7, 11) is 0. The van der Waals surface area contributed by atoms with E-state index in [4.69, 9.17) is 5.11 Å². The van der Waals surface area contributed by atoms with Gasteiger partial charge in [-0.15, -0.1) is 12.4 Å². The van der Waals surface area contributed by atoms with Crippen molar-refractivity contribution in [2.24, 2.45) is 0 Å². The van der Waals surface area contributed by atoms with E-state index in [1.54, 1.807) is 0 Å². The number of nitrogens with zero attached hydrogens (tertiary/aromatic N) is 1. The zero-order chi connectivity index (χ0) is 9.97. The van der Waals surface area contributed by atoms with E-state index in [9.17, 15) is 4.79 Å². The molecule has 0 spiro atoms. The first-order valence-corrected chi connectivity index (χ1v) is 6.51. The number of likely N-dealkylation sites (tertiary alicyclic amines) is 1. The Morgan fingerprint density at radius 2 is 1.93 bits per heavy atom. The lowest BCUT2D eigenvalue weighted by atomic mass is 10.1. The van der Waals surface area contributed by atoms with E-state index < -0.39 is 5.97 Å². The number of hydrogen-bond acceptors (Lipinski definition) is 3. The third-order valence-corrected chi connectivity index (χ3v) is 4.29. The van der Waals surface area contributed by atoms with Gasteiger partial charge in [0.15, 0.2) is 0 Å². The molecule has 0 radical (unpaired) electrons. The Labute approximate surface area is 101 Å². The molecule has 0 aromatic rings. The first-order valence-electron chi connectivity index (χ1n) is 5.35. The van der Waals surface area contributed by atoms with Crippen LogP contribution in [0.25, 0.3) is 0 Å². The number of thioether (sulfide) groups is 1. The first-order chi connectivity index (χ1) is 6.79. The van der Waals surface area contributed by atoms with Gasteiger partial charge in [-0.05, 0) is 43.7 Å². The second-order valence-corrected chi connectivity index (χ2v) is 5.30. The van der Waals surface area contributed by atoms with Crippen molar-refractivity contribution in [1.82, 2.24) is 4.90 Å². The maximum atomic E-state index is 11.0. The summed E-state index contributed by atoms with van der Waals surface area (Å²) in [5, 5.41) is 9.07. The number of halogens is 1. The minimum Gasteiger partial charge on any atom is -0.480 e. The van der Waals surface area contributed by atoms with Gasteiger partial charge in [0.25, 0.3) is 0 Å². The normalized spacial score (nSPS) is 28.7. The van der Waals surface area contributed by atoms with Crippen LogP contribution in [0.4, 0.5) is 0 Å². The molecular weight excluding hydrogens is 234 g/mol. The Morgan fingerprint density at radius 3 is 2.53 bits per heavy atom. The van der Waals surface area contributed by atoms with Gasteiger partial charge in [0.05, 0.1) is 0 Å². The summed E-state index contributed by atoms with van der Waals surface area (Å²) in [5.74, 6) is 1.78. The third-order valence-electron chi connectivity index (χ3n) is 3.24. The van der Waals surface area contributed by atoms with Crippen molar-refractivity contribution in [3.8, 4) is 0 Å². The second kappa shape index (κ2) is 5.97. The van der Waals surface area contributed by atoms with Gasteiger partial charge in [-0.25, -0.2) is 0 Å². The SMILES string of the molecule is Cl.O=C(O)[C@@H]1CCCN1C1CCSCC1. The lowest BCUT2D eigenvalue weighted by Gasteiger charge is -2.33. The molecule has 2 fully saturated rings. The molecule has 0 bridgehead atoms. The number of carbonyl (C=O) groups is 1. The predicted octanol–water partition coefficient (Wildman–Crippen LogP) is 1.85. The van der Waals surface area contributed by atoms with Gasteiger partial charge in [-0.2, -0.15) is 11.8 Å². The van der Waals surface area contributed by atoms with Crippen LogP contribution in [0.1, 0.15) is 25.7 Å². The molecule has 0 aliphatic carbocycles. The summed E-state index contributed by atoms with van der Waals surface area (Å²) < 4.78 is 0. The molecule has 2 aliphatic heterocycles. The molecule has 0 aromatic carbocycles. The molecule has 2 aliphatic rings. The smallest absolute Gasteiger partial charge is 0.320 e. The lowest BCUT2D eigenvalue weighted by Crippen LogP contribution is -2.44. The standard InChI is InChI=1S/C10H17NO2S.ClH/c12-10(13)9-2-1-5-11(9)8-3-6-14-7-4-8;/h8-9H,1-7H2,(H,12,13);1H/t9-;/m0./s1. The average Bonchev–Trinajstić information content (AvgIpc) is 2.67. The summed E-state index contributed by atoms with van der Waals surface area (Å²) in [6.07, 6.45) is 4.25. The molecule has 0 saturated carbocycles. The van der Waals surface area contributed by atoms with Crippen LogP contribution in [0.2, 0.25) is 0 Å². The summed E-state index contributed by atoms with van der Waals surface area (Å²) in [4.78, 5) is 13.2. The van der Waals surface area contributed by atoms with Crippen molar-refractivity contribution in [2.75, 3.05) is 18.1 Å². The quantitative estimate of drug-likeness (QED) is 0.813. The highest BCUT2D eigenvalue weighted by atomic mass is 35.5. The van der Waals surface area contributed by atoms with Crippen molar-refractivity contribution < 1.29 is 9.90 Å². The molecule has 3 nitrogen and oxygen atoms in total. The highest BCUT2D eigenvalue weighted by Crippen LogP contribution is 2.28. The summed E-state index contributed by atoms with van der Waals surface area (Å²) in [6.45, 7) is 0.992. The van der Waals surface area contributed by atoms with E-state index in [1.165, 1.54) is 24.3 Å². The van der Waals surface area contributed by atoms with E-state index >= 15 is 0 Å². The van der Waals surface area contributed by atoms with E-state index in [-0.39, 0.29) is 18.4 Å². The molecule has 15 heavy (non-hydrogen) atoms. The van der Waals surface area contributed by atoms with Crippen molar-refractivity contribution in [3.05, 3.63) is 0 Å². The molecule has 2 heterocycles. The van der Waals surface area contributed by atoms with E-state index in [0.29, 0.717) is 6.04 Å². The molecular formula is C10H18ClNO2S. The van der Waals surface area contributed by atoms with Gasteiger partial charge in [0, 0.05) is 6.04 Å². The highest BCUT2D eigenvalue weighted by molar-refractivity contribution is 7.99. The van der Waals surface area contributed by atoms with Gasteiger partial charge in [0.1, 0.15) is 6.04 Å². The second-order valence-electron chi connectivity index (χ2n) is 4.08. The molecule has 0 unspecified atom stereocenters. The van der Waals surface area contributed by atoms with Gasteiger partial charge >= 0.3 is 5.97 Å². The Kier molecular flexibility index (Phi) is 5.23. The molecule has 5 heteroatoms. The van der Waals surface area contributed by atoms with Gasteiger partial charge in [-0.1, -0.05) is 0 Å². The van der Waals surface area contributed by atoms with Gasteiger partial charge in [-0.3, -0.25) is 9.69 Å². The number of carboxylic acids is 1. The lowest BCUT2D eigenvalue weighted by molar-refractivity contribution is -0.143. The van der Waals surface area contributed by atoms with Crippen LogP contribution in [0.15, 0.2) is 0 Å². The van der Waals surface area contributed by atoms with Crippen LogP contribution in [0, 0.1) is 0 Å². The molecule has 1 atom stereocenters. The Morgan fingerprint density at radius 1 is 1.27 bits per heavy atom. The van der Waals surface area contributed by atoms with Gasteiger partial charge < -0.3 is 5.11 Å². The molecule has 2 saturated heterocycles. The van der Waals surface area contributed by atoms with E-state index in [2.05, 4.69) is 4.90 Å². The first kappa shape index (κ1) is 13.1. The summed E-state index contributed by atoms with van der Waals surface area (Å²) >= 11 is 1.99. The fourth-order valence-corrected chi connectivity index (χ4v) is 3.59. The Balaban J connectivity index is 0.00000112. The number of carboxylic acid groups (broad SMARTS) is 1. The van der Waals surface area contributed by atoms with Crippen LogP contribution >= 0.6 is 24.2 Å². The van der Waals surface area contributed by atoms with Crippen molar-refractivity contribution in [3.63, 3.8) is 0 Å². The minimum atomic E-state index is -0.624. The van der Waals surface area contributed by atoms with Crippen LogP contribution in [-0.4, -0.2) is 46.1 Å². The molecule has 1 N–H and O–H groups in total. The topological polar surface area (TPSA) is 40.5 Å². The molecule has 2 rings (SSSR count). The maximum absolute atomic E-state index is 11.0. The van der Waals surface area contributed by atoms with Crippen LogP contribution in [-0.2, 0) is 4.79 Å². The Bertz CT molecular complexity index is 221. The fraction of sp³-hybridized carbons (Fsp3) is 0.900. The van der Waals surface area contributed by atoms with Crippen molar-refractivity contribution >= 4 is 30.1 Å². The van der Waals surface area contributed by atoms with E-state index in [0.717, 1.165) is 19.4 Å². The monoisotopic (exact) mass is 251 g/mol. The number of hydrogen-bond donors (Lipinski definition) is 1. The molecule has 0 aromatic heterocycles. The van der Waals surface area contributed by atoms with Crippen LogP contribution in [0.3, 0.4) is 0 Å². The number of rotatable bonds is 2. The largest absolute Gasteiger partial charge is 0.480 e. The third kappa shape index (κ3) is 3.02. The highest BCUT2D eigenvalue weighted by Gasteiger charge is 2.35. The molecule has 0 amide bonds. The zero-order valence-electron chi connectivity index (χ0n) is 8.72. The summed E-state index contributed by atoms with van der Waals surface area (Å²) in [6, 6.07) is 0.350. The van der Waals surface area contributed by atoms with Crippen molar-refractivity contribution in [1.29, 1.82) is 0 Å². The Hall–Kier alpha value is 0.0700. The van der Waals surface area contributed by atoms with Crippen LogP contribution < -0.4 is 0 Å². The number of aliphatic carboxylic acids is 1. The average molecular weight is 252 g/mol. The zero-order valence-corrected chi connectivity index (χ0v) is 10.4. The maximum Gasteiger partial charge on any atom is 0.320 e. The van der Waals surface area contributed by atoms with Crippen molar-refractivity contribution in [2.45, 2.75) is 37.8 Å².